The zero-order valence-corrected chi connectivity index (χ0v) is 30.8. The first kappa shape index (κ1) is 45.7. The van der Waals surface area contributed by atoms with Gasteiger partial charge in [-0.3, -0.25) is 12.8 Å². The molecular weight excluding hydrogens is 576 g/mol. The molecule has 0 atom stereocenters. The van der Waals surface area contributed by atoms with Gasteiger partial charge in [-0.15, -0.1) is 0 Å². The van der Waals surface area contributed by atoms with Crippen molar-refractivity contribution in [1.29, 1.82) is 0 Å². The van der Waals surface area contributed by atoms with Gasteiger partial charge in [-0.2, -0.15) is 0 Å². The van der Waals surface area contributed by atoms with Gasteiger partial charge in [0.15, 0.2) is 0 Å². The van der Waals surface area contributed by atoms with Crippen LogP contribution in [0.5, 0.6) is 0 Å². The van der Waals surface area contributed by atoms with Gasteiger partial charge < -0.3 is 38.1 Å². The van der Waals surface area contributed by atoms with Crippen molar-refractivity contribution in [1.82, 2.24) is 0 Å². The molecule has 0 amide bonds. The van der Waals surface area contributed by atoms with E-state index in [-0.39, 0.29) is 68.6 Å². The fourth-order valence-electron chi connectivity index (χ4n) is 1.71. The van der Waals surface area contributed by atoms with Gasteiger partial charge in [0, 0.05) is 37.4 Å². The van der Waals surface area contributed by atoms with Crippen molar-refractivity contribution in [2.24, 2.45) is 21.7 Å². The van der Waals surface area contributed by atoms with Gasteiger partial charge in [0.1, 0.15) is 0 Å². The Labute approximate surface area is 276 Å². The number of methoxy groups -OCH3 is 2. The Kier molecular flexibility index (Phi) is 26.2. The minimum atomic E-state index is -0.457. The minimum absolute atomic E-state index is 0. The maximum absolute atomic E-state index is 11.4. The van der Waals surface area contributed by atoms with Crippen molar-refractivity contribution in [2.45, 2.75) is 83.1 Å². The van der Waals surface area contributed by atoms with Crippen LogP contribution in [-0.4, -0.2) is 122 Å². The normalized spacial score (nSPS) is 11.5. The van der Waals surface area contributed by atoms with E-state index in [2.05, 4.69) is 0 Å². The average Bonchev–Trinajstić information content (AvgIpc) is 2.74. The van der Waals surface area contributed by atoms with E-state index in [4.69, 9.17) is 18.9 Å². The monoisotopic (exact) mass is 632 g/mol. The summed E-state index contributed by atoms with van der Waals surface area (Å²) in [4.78, 5) is 45.8. The SMILES string of the molecule is CC(C)(C)C(=O)[CH-]C(=O)C(C)(C)C.CC(C)(C)C(=O)[CH-]C(=O)C(C)(C)C.COCCOCCOCCOC.[Sr+2]. The Morgan fingerprint density at radius 2 is 0.615 bits per heavy atom. The van der Waals surface area contributed by atoms with Crippen molar-refractivity contribution in [2.75, 3.05) is 53.9 Å². The standard InChI is InChI=1S/2C11H19O2.C8H18O4.Sr/c2*1-10(2,3)8(12)7-9(13)11(4,5)6;1-9-3-5-11-7-8-12-6-4-10-2;/h2*7H,1-6H3;3-8H2,1-2H3;/q2*-1;;+2. The number of hydrogen-bond acceptors (Lipinski definition) is 8. The maximum atomic E-state index is 11.4. The molecule has 0 bridgehead atoms. The third-order valence-electron chi connectivity index (χ3n) is 4.72. The zero-order chi connectivity index (χ0) is 30.8. The number of carbonyl (C=O) groups is 4. The summed E-state index contributed by atoms with van der Waals surface area (Å²) in [7, 11) is 3.30. The van der Waals surface area contributed by atoms with Gasteiger partial charge in [-0.25, -0.2) is 0 Å². The van der Waals surface area contributed by atoms with E-state index < -0.39 is 21.7 Å². The summed E-state index contributed by atoms with van der Waals surface area (Å²) in [5.74, 6) is -0.417. The van der Waals surface area contributed by atoms with Gasteiger partial charge in [0.2, 0.25) is 0 Å². The Balaban J connectivity index is -0.000000233. The quantitative estimate of drug-likeness (QED) is 0.124. The van der Waals surface area contributed by atoms with E-state index in [1.54, 1.807) is 14.2 Å². The number of Topliss-reactive ketones (excluding diaryl/α,β-unsaturated/α-hetero) is 4. The first-order valence-corrected chi connectivity index (χ1v) is 13.0. The number of ether oxygens (including phenoxy) is 4. The largest absolute Gasteiger partial charge is 2.00 e. The predicted octanol–water partition coefficient (Wildman–Crippen LogP) is 4.77. The second kappa shape index (κ2) is 22.4. The summed E-state index contributed by atoms with van der Waals surface area (Å²) in [6, 6.07) is 0. The molecule has 0 aliphatic carbocycles. The zero-order valence-electron chi connectivity index (χ0n) is 27.4. The molecule has 0 fully saturated rings. The van der Waals surface area contributed by atoms with E-state index in [1.165, 1.54) is 12.8 Å². The van der Waals surface area contributed by atoms with Crippen LogP contribution in [-0.2, 0) is 38.1 Å². The Hall–Kier alpha value is -0.259. The van der Waals surface area contributed by atoms with E-state index in [0.29, 0.717) is 39.6 Å². The van der Waals surface area contributed by atoms with Gasteiger partial charge >= 0.3 is 45.5 Å². The molecule has 8 nitrogen and oxygen atoms in total. The molecule has 39 heavy (non-hydrogen) atoms. The fraction of sp³-hybridized carbons (Fsp3) is 0.800. The molecule has 0 aliphatic rings. The average molecular weight is 632 g/mol. The molecule has 0 unspecified atom stereocenters. The molecule has 0 aromatic heterocycles. The Morgan fingerprint density at radius 1 is 0.436 bits per heavy atom. The van der Waals surface area contributed by atoms with Crippen LogP contribution in [0, 0.1) is 34.5 Å². The van der Waals surface area contributed by atoms with Crippen molar-refractivity contribution in [3.8, 4) is 0 Å². The minimum Gasteiger partial charge on any atom is -0.382 e. The van der Waals surface area contributed by atoms with E-state index in [9.17, 15) is 19.2 Å². The van der Waals surface area contributed by atoms with E-state index in [0.717, 1.165) is 0 Å². The summed E-state index contributed by atoms with van der Waals surface area (Å²) < 4.78 is 19.9. The molecule has 0 aromatic carbocycles. The third kappa shape index (κ3) is 29.0. The molecule has 0 N–H and O–H groups in total. The second-order valence-corrected chi connectivity index (χ2v) is 13.0. The molecule has 0 saturated carbocycles. The summed E-state index contributed by atoms with van der Waals surface area (Å²) in [5, 5.41) is 0. The van der Waals surface area contributed by atoms with Crippen molar-refractivity contribution < 1.29 is 38.1 Å². The molecule has 0 heterocycles. The topological polar surface area (TPSA) is 105 Å². The number of carbonyl (C=O) groups excluding carboxylic acids is 4. The summed E-state index contributed by atoms with van der Waals surface area (Å²) >= 11 is 0. The molecule has 9 heteroatoms. The van der Waals surface area contributed by atoms with Crippen molar-refractivity contribution in [3.63, 3.8) is 0 Å². The van der Waals surface area contributed by atoms with Crippen LogP contribution in [0.15, 0.2) is 0 Å². The van der Waals surface area contributed by atoms with Gasteiger partial charge in [-0.1, -0.05) is 83.1 Å². The smallest absolute Gasteiger partial charge is 0.382 e. The first-order chi connectivity index (χ1) is 17.0. The molecular formula is C30H56O8Sr. The van der Waals surface area contributed by atoms with Gasteiger partial charge in [-0.05, 0) is 21.7 Å². The summed E-state index contributed by atoms with van der Waals surface area (Å²) in [5.41, 5.74) is -1.83. The number of ketones is 4. The fourth-order valence-corrected chi connectivity index (χ4v) is 1.71. The van der Waals surface area contributed by atoms with Crippen LogP contribution >= 0.6 is 0 Å². The molecule has 0 aliphatic heterocycles. The van der Waals surface area contributed by atoms with Gasteiger partial charge in [0.25, 0.3) is 0 Å². The van der Waals surface area contributed by atoms with Crippen molar-refractivity contribution >= 4 is 68.6 Å². The van der Waals surface area contributed by atoms with Gasteiger partial charge in [0.05, 0.1) is 39.6 Å². The number of rotatable bonds is 13. The van der Waals surface area contributed by atoms with Crippen LogP contribution in [0.4, 0.5) is 0 Å². The molecule has 0 radical (unpaired) electrons. The summed E-state index contributed by atoms with van der Waals surface area (Å²) in [6.45, 7) is 25.5. The molecule has 0 spiro atoms. The second-order valence-electron chi connectivity index (χ2n) is 13.0. The molecule has 0 aromatic rings. The van der Waals surface area contributed by atoms with Crippen LogP contribution in [0.25, 0.3) is 0 Å². The van der Waals surface area contributed by atoms with E-state index in [1.807, 2.05) is 83.1 Å². The van der Waals surface area contributed by atoms with Crippen molar-refractivity contribution in [3.05, 3.63) is 12.8 Å². The molecule has 0 saturated heterocycles. The predicted molar refractivity (Wildman–Crippen MR) is 158 cm³/mol. The van der Waals surface area contributed by atoms with Crippen LogP contribution in [0.1, 0.15) is 83.1 Å². The van der Waals surface area contributed by atoms with Crippen LogP contribution < -0.4 is 0 Å². The van der Waals surface area contributed by atoms with E-state index >= 15 is 0 Å². The Morgan fingerprint density at radius 3 is 0.769 bits per heavy atom. The molecule has 226 valence electrons. The third-order valence-corrected chi connectivity index (χ3v) is 4.72. The van der Waals surface area contributed by atoms with Crippen LogP contribution in [0.3, 0.4) is 0 Å². The Bertz CT molecular complexity index is 582. The summed E-state index contributed by atoms with van der Waals surface area (Å²) in [6.07, 6.45) is 2.44. The maximum Gasteiger partial charge on any atom is 2.00 e. The number of hydrogen-bond donors (Lipinski definition) is 0. The first-order valence-electron chi connectivity index (χ1n) is 13.0. The van der Waals surface area contributed by atoms with Crippen LogP contribution in [0.2, 0.25) is 0 Å². The molecule has 0 rings (SSSR count).